The van der Waals surface area contributed by atoms with Gasteiger partial charge in [0.05, 0.1) is 0 Å². The Labute approximate surface area is 63.7 Å². The second kappa shape index (κ2) is 2.74. The number of alkyl halides is 3. The minimum Gasteiger partial charge on any atom is -0.388 e. The number of hydrogen-bond donors (Lipinski definition) is 1. The van der Waals surface area contributed by atoms with Crippen molar-refractivity contribution in [3.05, 3.63) is 10.8 Å². The zero-order chi connectivity index (χ0) is 8.48. The van der Waals surface area contributed by atoms with Crippen molar-refractivity contribution in [1.82, 2.24) is 9.36 Å². The van der Waals surface area contributed by atoms with Crippen molar-refractivity contribution in [3.63, 3.8) is 0 Å². The summed E-state index contributed by atoms with van der Waals surface area (Å²) in [5.41, 5.74) is 0. The van der Waals surface area contributed by atoms with Gasteiger partial charge < -0.3 is 5.11 Å². The summed E-state index contributed by atoms with van der Waals surface area (Å²) >= 11 is 0.235. The molecular weight excluding hydrogens is 181 g/mol. The van der Waals surface area contributed by atoms with E-state index in [9.17, 15) is 13.2 Å². The minimum absolute atomic E-state index is 0.192. The average molecular weight is 184 g/mol. The van der Waals surface area contributed by atoms with Crippen LogP contribution in [0, 0.1) is 0 Å². The molecule has 0 amide bonds. The molecule has 3 nitrogen and oxygen atoms in total. The average Bonchev–Trinajstić information content (AvgIpc) is 2.32. The molecule has 1 heterocycles. The van der Waals surface area contributed by atoms with Crippen LogP contribution in [0.5, 0.6) is 0 Å². The molecule has 0 atom stereocenters. The third-order valence-corrected chi connectivity index (χ3v) is 1.65. The molecule has 1 rings (SSSR count). The van der Waals surface area contributed by atoms with E-state index in [1.54, 1.807) is 0 Å². The Morgan fingerprint density at radius 1 is 1.45 bits per heavy atom. The highest BCUT2D eigenvalue weighted by atomic mass is 32.1. The molecule has 0 radical (unpaired) electrons. The predicted octanol–water partition coefficient (Wildman–Crippen LogP) is 1.05. The molecule has 7 heteroatoms. The van der Waals surface area contributed by atoms with E-state index in [-0.39, 0.29) is 17.4 Å². The number of aliphatic hydroxyl groups excluding tert-OH is 1. The molecule has 0 aromatic carbocycles. The lowest BCUT2D eigenvalue weighted by Crippen LogP contribution is -2.04. The van der Waals surface area contributed by atoms with E-state index in [0.717, 1.165) is 0 Å². The predicted molar refractivity (Wildman–Crippen MR) is 30.8 cm³/mol. The van der Waals surface area contributed by atoms with Crippen LogP contribution in [0.1, 0.15) is 10.8 Å². The van der Waals surface area contributed by atoms with Crippen molar-refractivity contribution < 1.29 is 18.3 Å². The van der Waals surface area contributed by atoms with E-state index >= 15 is 0 Å². The van der Waals surface area contributed by atoms with Crippen LogP contribution in [0.15, 0.2) is 0 Å². The molecule has 0 aliphatic carbocycles. The molecule has 0 spiro atoms. The molecule has 0 bridgehead atoms. The smallest absolute Gasteiger partial charge is 0.388 e. The second-order valence-electron chi connectivity index (χ2n) is 1.67. The monoisotopic (exact) mass is 184 g/mol. The fraction of sp³-hybridized carbons (Fsp3) is 0.500. The first-order valence-corrected chi connectivity index (χ1v) is 3.32. The quantitative estimate of drug-likeness (QED) is 0.709. The normalized spacial score (nSPS) is 12.0. The lowest BCUT2D eigenvalue weighted by molar-refractivity contribution is -0.137. The molecule has 0 aliphatic rings. The molecule has 1 N–H and O–H groups in total. The topological polar surface area (TPSA) is 46.0 Å². The summed E-state index contributed by atoms with van der Waals surface area (Å²) in [6.07, 6.45) is -4.45. The number of halogens is 3. The van der Waals surface area contributed by atoms with Gasteiger partial charge in [0, 0.05) is 0 Å². The molecular formula is C4H3F3N2OS. The number of aromatic nitrogens is 2. The van der Waals surface area contributed by atoms with Gasteiger partial charge in [0.25, 0.3) is 0 Å². The zero-order valence-electron chi connectivity index (χ0n) is 5.09. The summed E-state index contributed by atoms with van der Waals surface area (Å²) < 4.78 is 38.6. The first kappa shape index (κ1) is 8.41. The van der Waals surface area contributed by atoms with Crippen LogP contribution >= 0.6 is 11.5 Å². The van der Waals surface area contributed by atoms with Crippen molar-refractivity contribution in [2.24, 2.45) is 0 Å². The van der Waals surface area contributed by atoms with E-state index in [1.165, 1.54) is 0 Å². The van der Waals surface area contributed by atoms with Gasteiger partial charge in [-0.1, -0.05) is 0 Å². The van der Waals surface area contributed by atoms with Crippen LogP contribution in [0.3, 0.4) is 0 Å². The highest BCUT2D eigenvalue weighted by Crippen LogP contribution is 2.30. The number of nitrogens with zero attached hydrogens (tertiary/aromatic N) is 2. The van der Waals surface area contributed by atoms with Crippen molar-refractivity contribution in [2.45, 2.75) is 12.8 Å². The first-order valence-electron chi connectivity index (χ1n) is 2.54. The van der Waals surface area contributed by atoms with Gasteiger partial charge in [-0.2, -0.15) is 17.5 Å². The van der Waals surface area contributed by atoms with Crippen LogP contribution in [-0.4, -0.2) is 14.5 Å². The highest BCUT2D eigenvalue weighted by Gasteiger charge is 2.35. The number of hydrogen-bond acceptors (Lipinski definition) is 4. The van der Waals surface area contributed by atoms with Crippen LogP contribution < -0.4 is 0 Å². The Morgan fingerprint density at radius 3 is 2.36 bits per heavy atom. The molecule has 0 unspecified atom stereocenters. The molecule has 0 saturated carbocycles. The van der Waals surface area contributed by atoms with Crippen LogP contribution in [0.4, 0.5) is 13.2 Å². The standard InChI is InChI=1S/C4H3F3N2OS/c5-4(6,7)3-8-2(1-10)9-11-3/h10H,1H2. The van der Waals surface area contributed by atoms with Gasteiger partial charge in [-0.3, -0.25) is 0 Å². The maximum Gasteiger partial charge on any atom is 0.444 e. The maximum absolute atomic E-state index is 11.8. The maximum atomic E-state index is 11.8. The Balaban J connectivity index is 2.89. The van der Waals surface area contributed by atoms with E-state index in [2.05, 4.69) is 9.36 Å². The number of aliphatic hydroxyl groups is 1. The van der Waals surface area contributed by atoms with E-state index in [0.29, 0.717) is 0 Å². The van der Waals surface area contributed by atoms with Crippen molar-refractivity contribution in [1.29, 1.82) is 0 Å². The van der Waals surface area contributed by atoms with Gasteiger partial charge in [-0.25, -0.2) is 4.98 Å². The zero-order valence-corrected chi connectivity index (χ0v) is 5.91. The Bertz CT molecular complexity index is 246. The van der Waals surface area contributed by atoms with Crippen LogP contribution in [0.25, 0.3) is 0 Å². The van der Waals surface area contributed by atoms with Crippen molar-refractivity contribution >= 4 is 11.5 Å². The summed E-state index contributed by atoms with van der Waals surface area (Å²) in [4.78, 5) is 3.03. The molecule has 11 heavy (non-hydrogen) atoms. The molecule has 0 saturated heterocycles. The summed E-state index contributed by atoms with van der Waals surface area (Å²) in [5, 5.41) is 7.30. The van der Waals surface area contributed by atoms with E-state index < -0.39 is 17.8 Å². The Hall–Kier alpha value is -0.690. The fourth-order valence-corrected chi connectivity index (χ4v) is 0.973. The van der Waals surface area contributed by atoms with Gasteiger partial charge >= 0.3 is 6.18 Å². The van der Waals surface area contributed by atoms with E-state index in [4.69, 9.17) is 5.11 Å². The van der Waals surface area contributed by atoms with Crippen LogP contribution in [-0.2, 0) is 12.8 Å². The summed E-state index contributed by atoms with van der Waals surface area (Å²) in [5.74, 6) is -0.192. The summed E-state index contributed by atoms with van der Waals surface area (Å²) in [6.45, 7) is -0.563. The summed E-state index contributed by atoms with van der Waals surface area (Å²) in [6, 6.07) is 0. The molecule has 0 fully saturated rings. The largest absolute Gasteiger partial charge is 0.444 e. The molecule has 62 valence electrons. The van der Waals surface area contributed by atoms with Gasteiger partial charge in [-0.15, -0.1) is 0 Å². The lowest BCUT2D eigenvalue weighted by atomic mass is 10.6. The van der Waals surface area contributed by atoms with Gasteiger partial charge in [0.15, 0.2) is 5.82 Å². The molecule has 0 aliphatic heterocycles. The third-order valence-electron chi connectivity index (χ3n) is 0.852. The highest BCUT2D eigenvalue weighted by molar-refractivity contribution is 7.05. The Morgan fingerprint density at radius 2 is 2.09 bits per heavy atom. The molecule has 1 aromatic rings. The molecule has 1 aromatic heterocycles. The first-order chi connectivity index (χ1) is 5.04. The lowest BCUT2D eigenvalue weighted by Gasteiger charge is -1.97. The number of rotatable bonds is 1. The van der Waals surface area contributed by atoms with Crippen molar-refractivity contribution in [2.75, 3.05) is 0 Å². The summed E-state index contributed by atoms with van der Waals surface area (Å²) in [7, 11) is 0. The van der Waals surface area contributed by atoms with Gasteiger partial charge in [0.2, 0.25) is 5.01 Å². The SMILES string of the molecule is OCc1nsc(C(F)(F)F)n1. The van der Waals surface area contributed by atoms with E-state index in [1.807, 2.05) is 0 Å². The van der Waals surface area contributed by atoms with Crippen molar-refractivity contribution in [3.8, 4) is 0 Å². The minimum atomic E-state index is -4.45. The fourth-order valence-electron chi connectivity index (χ4n) is 0.433. The third kappa shape index (κ3) is 1.87. The second-order valence-corrected chi connectivity index (χ2v) is 2.42. The van der Waals surface area contributed by atoms with Gasteiger partial charge in [0.1, 0.15) is 6.61 Å². The van der Waals surface area contributed by atoms with Crippen LogP contribution in [0.2, 0.25) is 0 Å². The van der Waals surface area contributed by atoms with Gasteiger partial charge in [-0.05, 0) is 11.5 Å². The Kier molecular flexibility index (Phi) is 2.10.